The second-order valence-corrected chi connectivity index (χ2v) is 3.29. The second kappa shape index (κ2) is 5.67. The van der Waals surface area contributed by atoms with Crippen molar-refractivity contribution in [1.29, 1.82) is 0 Å². The number of benzene rings is 1. The third kappa shape index (κ3) is 2.43. The first kappa shape index (κ1) is 12.7. The Morgan fingerprint density at radius 3 is 2.56 bits per heavy atom. The van der Waals surface area contributed by atoms with E-state index >= 15 is 0 Å². The smallest absolute Gasteiger partial charge is 0.165 e. The minimum absolute atomic E-state index is 0.000278. The van der Waals surface area contributed by atoms with E-state index in [9.17, 15) is 9.50 Å². The van der Waals surface area contributed by atoms with Gasteiger partial charge in [0.2, 0.25) is 0 Å². The number of nitrogens with two attached hydrogens (primary N) is 1. The molecule has 0 fully saturated rings. The zero-order valence-corrected chi connectivity index (χ0v) is 9.37. The van der Waals surface area contributed by atoms with E-state index in [4.69, 9.17) is 15.2 Å². The van der Waals surface area contributed by atoms with Gasteiger partial charge in [0, 0.05) is 0 Å². The summed E-state index contributed by atoms with van der Waals surface area (Å²) in [6.45, 7) is 0.296. The van der Waals surface area contributed by atoms with E-state index < -0.39 is 11.9 Å². The molecule has 0 bridgehead atoms. The molecular formula is C11H16FNO3. The molecule has 90 valence electrons. The molecule has 0 heterocycles. The van der Waals surface area contributed by atoms with Crippen LogP contribution in [0.15, 0.2) is 12.1 Å². The molecule has 16 heavy (non-hydrogen) atoms. The van der Waals surface area contributed by atoms with Gasteiger partial charge in [0.15, 0.2) is 11.6 Å². The van der Waals surface area contributed by atoms with Gasteiger partial charge in [-0.2, -0.15) is 0 Å². The van der Waals surface area contributed by atoms with Gasteiger partial charge in [-0.1, -0.05) is 0 Å². The molecule has 0 aliphatic rings. The van der Waals surface area contributed by atoms with Crippen molar-refractivity contribution in [2.45, 2.75) is 12.5 Å². The lowest BCUT2D eigenvalue weighted by Crippen LogP contribution is -2.10. The van der Waals surface area contributed by atoms with Crippen molar-refractivity contribution in [2.24, 2.45) is 5.73 Å². The van der Waals surface area contributed by atoms with Gasteiger partial charge < -0.3 is 20.3 Å². The SMILES string of the molecule is COc1ccc(F)c(OC)c1[C@@H](O)CCN. The maximum Gasteiger partial charge on any atom is 0.165 e. The van der Waals surface area contributed by atoms with Crippen LogP contribution in [0, 0.1) is 5.82 Å². The largest absolute Gasteiger partial charge is 0.496 e. The predicted molar refractivity (Wildman–Crippen MR) is 58.1 cm³/mol. The number of halogens is 1. The number of rotatable bonds is 5. The van der Waals surface area contributed by atoms with E-state index in [2.05, 4.69) is 0 Å². The van der Waals surface area contributed by atoms with E-state index in [-0.39, 0.29) is 5.75 Å². The van der Waals surface area contributed by atoms with Gasteiger partial charge in [-0.25, -0.2) is 4.39 Å². The van der Waals surface area contributed by atoms with Crippen LogP contribution in [-0.2, 0) is 0 Å². The van der Waals surface area contributed by atoms with Crippen LogP contribution in [0.2, 0.25) is 0 Å². The van der Waals surface area contributed by atoms with Crippen molar-refractivity contribution in [2.75, 3.05) is 20.8 Å². The first-order valence-electron chi connectivity index (χ1n) is 4.94. The molecule has 5 heteroatoms. The van der Waals surface area contributed by atoms with E-state index in [0.29, 0.717) is 24.3 Å². The molecule has 0 spiro atoms. The molecule has 0 radical (unpaired) electrons. The Labute approximate surface area is 93.8 Å². The Morgan fingerprint density at radius 1 is 1.38 bits per heavy atom. The normalized spacial score (nSPS) is 12.3. The van der Waals surface area contributed by atoms with Crippen LogP contribution in [0.4, 0.5) is 4.39 Å². The quantitative estimate of drug-likeness (QED) is 0.797. The monoisotopic (exact) mass is 229 g/mol. The number of ether oxygens (including phenoxy) is 2. The Hall–Kier alpha value is -1.33. The summed E-state index contributed by atoms with van der Waals surface area (Å²) in [5.74, 6) is -0.145. The minimum atomic E-state index is -0.898. The van der Waals surface area contributed by atoms with Crippen molar-refractivity contribution >= 4 is 0 Å². The fourth-order valence-corrected chi connectivity index (χ4v) is 1.56. The van der Waals surface area contributed by atoms with Crippen molar-refractivity contribution in [3.05, 3.63) is 23.5 Å². The van der Waals surface area contributed by atoms with Crippen LogP contribution in [0.5, 0.6) is 11.5 Å². The molecule has 0 aliphatic heterocycles. The van der Waals surface area contributed by atoms with Crippen LogP contribution < -0.4 is 15.2 Å². The Morgan fingerprint density at radius 2 is 2.06 bits per heavy atom. The molecule has 3 N–H and O–H groups in total. The van der Waals surface area contributed by atoms with Crippen LogP contribution in [-0.4, -0.2) is 25.9 Å². The van der Waals surface area contributed by atoms with Gasteiger partial charge in [-0.3, -0.25) is 0 Å². The number of methoxy groups -OCH3 is 2. The molecule has 0 aliphatic carbocycles. The lowest BCUT2D eigenvalue weighted by molar-refractivity contribution is 0.160. The lowest BCUT2D eigenvalue weighted by atomic mass is 10.0. The van der Waals surface area contributed by atoms with E-state index in [0.717, 1.165) is 0 Å². The number of aliphatic hydroxyl groups is 1. The molecule has 1 atom stereocenters. The summed E-state index contributed by atoms with van der Waals surface area (Å²) in [6.07, 6.45) is -0.582. The number of hydrogen-bond acceptors (Lipinski definition) is 4. The Kier molecular flexibility index (Phi) is 4.52. The molecule has 0 amide bonds. The summed E-state index contributed by atoms with van der Waals surface area (Å²) in [7, 11) is 2.79. The van der Waals surface area contributed by atoms with Crippen LogP contribution in [0.1, 0.15) is 18.1 Å². The van der Waals surface area contributed by atoms with E-state index in [1.165, 1.54) is 26.4 Å². The summed E-state index contributed by atoms with van der Waals surface area (Å²) < 4.78 is 23.4. The van der Waals surface area contributed by atoms with Gasteiger partial charge in [0.05, 0.1) is 25.9 Å². The molecule has 0 unspecified atom stereocenters. The standard InChI is InChI=1S/C11H16FNO3/c1-15-9-4-3-7(12)11(16-2)10(9)8(14)5-6-13/h3-4,8,14H,5-6,13H2,1-2H3/t8-/m0/s1. The van der Waals surface area contributed by atoms with Crippen molar-refractivity contribution in [3.8, 4) is 11.5 Å². The highest BCUT2D eigenvalue weighted by Crippen LogP contribution is 2.37. The molecule has 0 aromatic heterocycles. The van der Waals surface area contributed by atoms with Crippen LogP contribution in [0.25, 0.3) is 0 Å². The number of aliphatic hydroxyl groups excluding tert-OH is 1. The summed E-state index contributed by atoms with van der Waals surface area (Å²) in [5.41, 5.74) is 5.65. The van der Waals surface area contributed by atoms with E-state index in [1.807, 2.05) is 0 Å². The molecule has 4 nitrogen and oxygen atoms in total. The van der Waals surface area contributed by atoms with Gasteiger partial charge in [0.25, 0.3) is 0 Å². The minimum Gasteiger partial charge on any atom is -0.496 e. The Bertz CT molecular complexity index is 357. The van der Waals surface area contributed by atoms with Gasteiger partial charge in [0.1, 0.15) is 5.75 Å². The van der Waals surface area contributed by atoms with E-state index in [1.54, 1.807) is 0 Å². The topological polar surface area (TPSA) is 64.7 Å². The summed E-state index contributed by atoms with van der Waals surface area (Å²) in [5, 5.41) is 9.86. The summed E-state index contributed by atoms with van der Waals surface area (Å²) >= 11 is 0. The maximum atomic E-state index is 13.4. The molecular weight excluding hydrogens is 213 g/mol. The third-order valence-corrected chi connectivity index (χ3v) is 2.31. The predicted octanol–water partition coefficient (Wildman–Crippen LogP) is 1.23. The lowest BCUT2D eigenvalue weighted by Gasteiger charge is -2.17. The highest BCUT2D eigenvalue weighted by molar-refractivity contribution is 5.47. The van der Waals surface area contributed by atoms with Crippen molar-refractivity contribution in [1.82, 2.24) is 0 Å². The zero-order valence-electron chi connectivity index (χ0n) is 9.37. The third-order valence-electron chi connectivity index (χ3n) is 2.31. The van der Waals surface area contributed by atoms with Gasteiger partial charge in [-0.05, 0) is 25.1 Å². The maximum absolute atomic E-state index is 13.4. The average molecular weight is 229 g/mol. The fourth-order valence-electron chi connectivity index (χ4n) is 1.56. The first-order valence-corrected chi connectivity index (χ1v) is 4.94. The fraction of sp³-hybridized carbons (Fsp3) is 0.455. The highest BCUT2D eigenvalue weighted by atomic mass is 19.1. The van der Waals surface area contributed by atoms with Crippen molar-refractivity contribution in [3.63, 3.8) is 0 Å². The van der Waals surface area contributed by atoms with Gasteiger partial charge >= 0.3 is 0 Å². The second-order valence-electron chi connectivity index (χ2n) is 3.29. The van der Waals surface area contributed by atoms with Crippen LogP contribution >= 0.6 is 0 Å². The zero-order chi connectivity index (χ0) is 12.1. The van der Waals surface area contributed by atoms with Crippen LogP contribution in [0.3, 0.4) is 0 Å². The summed E-state index contributed by atoms with van der Waals surface area (Å²) in [4.78, 5) is 0. The highest BCUT2D eigenvalue weighted by Gasteiger charge is 2.21. The Balaban J connectivity index is 3.24. The molecule has 0 saturated carbocycles. The van der Waals surface area contributed by atoms with Gasteiger partial charge in [-0.15, -0.1) is 0 Å². The molecule has 1 aromatic carbocycles. The molecule has 0 saturated heterocycles. The first-order chi connectivity index (χ1) is 7.65. The van der Waals surface area contributed by atoms with Crippen molar-refractivity contribution < 1.29 is 19.0 Å². The molecule has 1 aromatic rings. The summed E-state index contributed by atoms with van der Waals surface area (Å²) in [6, 6.07) is 2.68. The molecule has 1 rings (SSSR count). The average Bonchev–Trinajstić information content (AvgIpc) is 2.28. The number of hydrogen-bond donors (Lipinski definition) is 2.